The number of hydrogen-bond donors (Lipinski definition) is 1. The number of aliphatic imine (C=N–C) groups is 1. The first-order valence-electron chi connectivity index (χ1n) is 9.32. The van der Waals surface area contributed by atoms with Gasteiger partial charge in [0.2, 0.25) is 5.78 Å². The summed E-state index contributed by atoms with van der Waals surface area (Å²) in [6.45, 7) is 0. The Hall–Kier alpha value is -3.96. The van der Waals surface area contributed by atoms with E-state index in [2.05, 4.69) is 14.7 Å². The lowest BCUT2D eigenvalue weighted by Crippen LogP contribution is -2.38. The highest BCUT2D eigenvalue weighted by Crippen LogP contribution is 2.32. The number of pyridine rings is 1. The molecule has 0 saturated heterocycles. The topological polar surface area (TPSA) is 149 Å². The van der Waals surface area contributed by atoms with E-state index in [0.717, 1.165) is 6.07 Å². The number of carbonyl (C=O) groups is 2. The molecular weight excluding hydrogens is 472 g/mol. The number of ketones is 2. The van der Waals surface area contributed by atoms with Crippen molar-refractivity contribution in [3.8, 4) is 0 Å². The van der Waals surface area contributed by atoms with E-state index in [0.29, 0.717) is 0 Å². The van der Waals surface area contributed by atoms with Crippen molar-refractivity contribution in [2.45, 2.75) is 10.3 Å². The number of benzene rings is 2. The van der Waals surface area contributed by atoms with Crippen molar-refractivity contribution in [1.29, 1.82) is 0 Å². The van der Waals surface area contributed by atoms with Crippen LogP contribution in [0.3, 0.4) is 0 Å². The number of aromatic nitrogens is 1. The molecule has 1 aromatic heterocycles. The highest BCUT2D eigenvalue weighted by Gasteiger charge is 2.41. The van der Waals surface area contributed by atoms with E-state index < -0.39 is 37.6 Å². The highest BCUT2D eigenvalue weighted by molar-refractivity contribution is 7.92. The fraction of sp³-hybridized carbons (Fsp3) is 0.0476. The van der Waals surface area contributed by atoms with Gasteiger partial charge >= 0.3 is 0 Å². The second-order valence-electron chi connectivity index (χ2n) is 6.82. The van der Waals surface area contributed by atoms with Gasteiger partial charge in [-0.05, 0) is 42.5 Å². The van der Waals surface area contributed by atoms with Crippen LogP contribution in [0.1, 0.15) is 20.7 Å². The van der Waals surface area contributed by atoms with Gasteiger partial charge in [-0.25, -0.2) is 18.4 Å². The fourth-order valence-corrected chi connectivity index (χ4v) is 4.48. The van der Waals surface area contributed by atoms with Gasteiger partial charge in [-0.15, -0.1) is 11.6 Å². The van der Waals surface area contributed by atoms with Crippen LogP contribution in [0.2, 0.25) is 0 Å². The Morgan fingerprint density at radius 2 is 1.76 bits per heavy atom. The first-order chi connectivity index (χ1) is 15.7. The summed E-state index contributed by atoms with van der Waals surface area (Å²) in [5.41, 5.74) is -1.16. The minimum absolute atomic E-state index is 0.0773. The molecule has 10 nitrogen and oxygen atoms in total. The Morgan fingerprint density at radius 3 is 2.39 bits per heavy atom. The van der Waals surface area contributed by atoms with Crippen LogP contribution in [0.4, 0.5) is 17.2 Å². The molecule has 0 bridgehead atoms. The fourth-order valence-electron chi connectivity index (χ4n) is 3.21. The number of anilines is 1. The number of sulfonamides is 1. The maximum Gasteiger partial charge on any atom is 0.281 e. The number of nitrogens with one attached hydrogen (secondary N) is 1. The number of Topliss-reactive ketones (excluding diaryl/α,β-unsaturated/α-hetero) is 2. The van der Waals surface area contributed by atoms with Crippen LogP contribution in [-0.4, -0.2) is 41.0 Å². The number of nitro groups is 1. The number of alkyl halides is 1. The lowest BCUT2D eigenvalue weighted by atomic mass is 9.86. The monoisotopic (exact) mass is 484 g/mol. The Morgan fingerprint density at radius 1 is 1.03 bits per heavy atom. The largest absolute Gasteiger partial charge is 0.292 e. The molecule has 1 aliphatic carbocycles. The highest BCUT2D eigenvalue weighted by atomic mass is 35.5. The molecule has 0 aliphatic heterocycles. The third-order valence-electron chi connectivity index (χ3n) is 4.73. The van der Waals surface area contributed by atoms with Gasteiger partial charge in [-0.2, -0.15) is 0 Å². The lowest BCUT2D eigenvalue weighted by Gasteiger charge is -2.19. The van der Waals surface area contributed by atoms with Gasteiger partial charge in [0.05, 0.1) is 15.5 Å². The Balaban J connectivity index is 1.66. The summed E-state index contributed by atoms with van der Waals surface area (Å²) in [5.74, 6) is -1.39. The summed E-state index contributed by atoms with van der Waals surface area (Å²) in [5, 5.41) is 9.72. The summed E-state index contributed by atoms with van der Waals surface area (Å²) in [6, 6.07) is 13.7. The number of rotatable bonds is 5. The van der Waals surface area contributed by atoms with E-state index in [1.807, 2.05) is 0 Å². The number of halogens is 1. The third-order valence-corrected chi connectivity index (χ3v) is 6.51. The molecular formula is C21H13ClN4O6S. The van der Waals surface area contributed by atoms with Crippen LogP contribution in [0.25, 0.3) is 0 Å². The summed E-state index contributed by atoms with van der Waals surface area (Å²) in [7, 11) is -3.92. The average molecular weight is 485 g/mol. The normalized spacial score (nSPS) is 17.0. The average Bonchev–Trinajstić information content (AvgIpc) is 2.80. The molecule has 1 aliphatic rings. The number of nitrogens with zero attached hydrogens (tertiary/aromatic N) is 3. The Labute approximate surface area is 192 Å². The zero-order valence-corrected chi connectivity index (χ0v) is 18.1. The summed E-state index contributed by atoms with van der Waals surface area (Å²) in [6.07, 6.45) is 1.44. The molecule has 2 aromatic carbocycles. The van der Waals surface area contributed by atoms with E-state index >= 15 is 0 Å². The van der Waals surface area contributed by atoms with E-state index in [1.54, 1.807) is 12.1 Å². The lowest BCUT2D eigenvalue weighted by molar-refractivity contribution is -0.385. The smallest absolute Gasteiger partial charge is 0.281 e. The zero-order chi connectivity index (χ0) is 23.8. The van der Waals surface area contributed by atoms with Crippen molar-refractivity contribution in [1.82, 2.24) is 4.98 Å². The van der Waals surface area contributed by atoms with E-state index in [1.165, 1.54) is 48.7 Å². The maximum absolute atomic E-state index is 12.9. The molecule has 33 heavy (non-hydrogen) atoms. The molecule has 166 valence electrons. The SMILES string of the molecule is O=C1C(=Nc2ccc(S(=O)(=O)Nc3ccccn3)cc2)C(Cl)C(=O)c2c1cccc2[N+](=O)[O-]. The zero-order valence-electron chi connectivity index (χ0n) is 16.5. The van der Waals surface area contributed by atoms with Gasteiger partial charge in [0.1, 0.15) is 22.5 Å². The van der Waals surface area contributed by atoms with Crippen LogP contribution in [0.5, 0.6) is 0 Å². The molecule has 3 aromatic rings. The van der Waals surface area contributed by atoms with Gasteiger partial charge in [0.15, 0.2) is 5.78 Å². The second-order valence-corrected chi connectivity index (χ2v) is 8.94. The van der Waals surface area contributed by atoms with Gasteiger partial charge in [-0.3, -0.25) is 24.4 Å². The number of hydrogen-bond acceptors (Lipinski definition) is 8. The quantitative estimate of drug-likeness (QED) is 0.330. The van der Waals surface area contributed by atoms with E-state index in [-0.39, 0.29) is 33.2 Å². The minimum Gasteiger partial charge on any atom is -0.292 e. The number of fused-ring (bicyclic) bond motifs is 1. The first-order valence-corrected chi connectivity index (χ1v) is 11.2. The minimum atomic E-state index is -3.92. The molecule has 1 N–H and O–H groups in total. The predicted octanol–water partition coefficient (Wildman–Crippen LogP) is 3.55. The molecule has 4 rings (SSSR count). The van der Waals surface area contributed by atoms with Crippen LogP contribution < -0.4 is 4.72 Å². The molecule has 0 spiro atoms. The van der Waals surface area contributed by atoms with Crippen molar-refractivity contribution in [2.75, 3.05) is 4.72 Å². The van der Waals surface area contributed by atoms with Crippen LogP contribution >= 0.6 is 11.6 Å². The molecule has 0 saturated carbocycles. The molecule has 1 atom stereocenters. The molecule has 0 fully saturated rings. The Bertz CT molecular complexity index is 1420. The predicted molar refractivity (Wildman–Crippen MR) is 120 cm³/mol. The molecule has 0 amide bonds. The van der Waals surface area contributed by atoms with Gasteiger partial charge in [0.25, 0.3) is 15.7 Å². The summed E-state index contributed by atoms with van der Waals surface area (Å²) in [4.78, 5) is 44.0. The molecule has 0 radical (unpaired) electrons. The van der Waals surface area contributed by atoms with Gasteiger partial charge in [0, 0.05) is 17.8 Å². The number of carbonyl (C=O) groups excluding carboxylic acids is 2. The Kier molecular flexibility index (Phi) is 5.75. The van der Waals surface area contributed by atoms with E-state index in [4.69, 9.17) is 11.6 Å². The van der Waals surface area contributed by atoms with E-state index in [9.17, 15) is 28.1 Å². The molecule has 12 heteroatoms. The van der Waals surface area contributed by atoms with Crippen molar-refractivity contribution in [2.24, 2.45) is 4.99 Å². The van der Waals surface area contributed by atoms with Gasteiger partial charge in [-0.1, -0.05) is 12.1 Å². The summed E-state index contributed by atoms with van der Waals surface area (Å²) < 4.78 is 27.4. The molecule has 1 unspecified atom stereocenters. The third kappa shape index (κ3) is 4.23. The maximum atomic E-state index is 12.9. The van der Waals surface area contributed by atoms with Crippen molar-refractivity contribution < 1.29 is 22.9 Å². The standard InChI is InChI=1S/C21H13ClN4O6S/c22-18-19(20(27)14-4-3-5-15(26(29)30)17(14)21(18)28)24-12-7-9-13(10-8-12)33(31,32)25-16-6-1-2-11-23-16/h1-11,18H,(H,23,25). The first kappa shape index (κ1) is 22.2. The van der Waals surface area contributed by atoms with Crippen LogP contribution in [0.15, 0.2) is 76.7 Å². The van der Waals surface area contributed by atoms with Gasteiger partial charge < -0.3 is 0 Å². The van der Waals surface area contributed by atoms with Crippen LogP contribution in [-0.2, 0) is 10.0 Å². The molecule has 1 heterocycles. The van der Waals surface area contributed by atoms with Crippen molar-refractivity contribution in [3.63, 3.8) is 0 Å². The van der Waals surface area contributed by atoms with Crippen molar-refractivity contribution >= 4 is 56.1 Å². The number of nitro benzene ring substituents is 1. The van der Waals surface area contributed by atoms with Crippen LogP contribution in [0, 0.1) is 10.1 Å². The summed E-state index contributed by atoms with van der Waals surface area (Å²) >= 11 is 6.14. The van der Waals surface area contributed by atoms with Crippen molar-refractivity contribution in [3.05, 3.63) is 88.1 Å². The second kappa shape index (κ2) is 8.52.